The Kier molecular flexibility index (Phi) is 6.61. The summed E-state index contributed by atoms with van der Waals surface area (Å²) in [5, 5.41) is 0. The summed E-state index contributed by atoms with van der Waals surface area (Å²) in [5.74, 6) is 0.304. The summed E-state index contributed by atoms with van der Waals surface area (Å²) in [6.45, 7) is 4.23. The van der Waals surface area contributed by atoms with Gasteiger partial charge >= 0.3 is 0 Å². The van der Waals surface area contributed by atoms with Gasteiger partial charge in [-0.3, -0.25) is 4.79 Å². The molecule has 0 radical (unpaired) electrons. The molecule has 0 aliphatic heterocycles. The SMILES string of the molecule is CCCCCCCCC(=O)c1ccccc1C. The number of rotatable bonds is 8. The van der Waals surface area contributed by atoms with Gasteiger partial charge in [0.2, 0.25) is 0 Å². The predicted molar refractivity (Wildman–Crippen MR) is 73.5 cm³/mol. The van der Waals surface area contributed by atoms with Crippen LogP contribution in [0.2, 0.25) is 0 Å². The van der Waals surface area contributed by atoms with E-state index in [0.717, 1.165) is 17.5 Å². The zero-order valence-electron chi connectivity index (χ0n) is 11.2. The van der Waals surface area contributed by atoms with E-state index in [9.17, 15) is 4.79 Å². The molecule has 0 bridgehead atoms. The van der Waals surface area contributed by atoms with Gasteiger partial charge in [0, 0.05) is 12.0 Å². The number of unbranched alkanes of at least 4 members (excludes halogenated alkanes) is 5. The summed E-state index contributed by atoms with van der Waals surface area (Å²) in [7, 11) is 0. The van der Waals surface area contributed by atoms with E-state index in [-0.39, 0.29) is 0 Å². The molecule has 1 aromatic rings. The third kappa shape index (κ3) is 5.16. The van der Waals surface area contributed by atoms with E-state index >= 15 is 0 Å². The summed E-state index contributed by atoms with van der Waals surface area (Å²) in [6.07, 6.45) is 8.13. The number of carbonyl (C=O) groups is 1. The third-order valence-corrected chi connectivity index (χ3v) is 3.20. The first-order valence-electron chi connectivity index (χ1n) is 6.84. The molecule has 1 aromatic carbocycles. The number of hydrogen-bond donors (Lipinski definition) is 0. The maximum atomic E-state index is 12.0. The van der Waals surface area contributed by atoms with Crippen molar-refractivity contribution in [2.75, 3.05) is 0 Å². The van der Waals surface area contributed by atoms with Gasteiger partial charge in [0.25, 0.3) is 0 Å². The highest BCUT2D eigenvalue weighted by molar-refractivity contribution is 5.97. The fourth-order valence-corrected chi connectivity index (χ4v) is 2.09. The normalized spacial score (nSPS) is 10.5. The molecule has 1 rings (SSSR count). The molecular formula is C16H24O. The molecule has 0 spiro atoms. The smallest absolute Gasteiger partial charge is 0.163 e. The van der Waals surface area contributed by atoms with Gasteiger partial charge in [-0.05, 0) is 18.9 Å². The molecule has 0 heterocycles. The van der Waals surface area contributed by atoms with E-state index in [1.54, 1.807) is 0 Å². The van der Waals surface area contributed by atoms with Gasteiger partial charge in [-0.1, -0.05) is 63.3 Å². The quantitative estimate of drug-likeness (QED) is 0.459. The van der Waals surface area contributed by atoms with Crippen molar-refractivity contribution in [3.8, 4) is 0 Å². The summed E-state index contributed by atoms with van der Waals surface area (Å²) in [5.41, 5.74) is 2.00. The highest BCUT2D eigenvalue weighted by atomic mass is 16.1. The van der Waals surface area contributed by atoms with E-state index in [1.807, 2.05) is 31.2 Å². The minimum Gasteiger partial charge on any atom is -0.294 e. The van der Waals surface area contributed by atoms with Crippen molar-refractivity contribution >= 4 is 5.78 Å². The van der Waals surface area contributed by atoms with E-state index in [4.69, 9.17) is 0 Å². The van der Waals surface area contributed by atoms with Gasteiger partial charge in [-0.15, -0.1) is 0 Å². The van der Waals surface area contributed by atoms with Crippen molar-refractivity contribution in [1.82, 2.24) is 0 Å². The molecule has 94 valence electrons. The van der Waals surface area contributed by atoms with Gasteiger partial charge in [0.1, 0.15) is 0 Å². The second-order valence-corrected chi connectivity index (χ2v) is 4.76. The van der Waals surface area contributed by atoms with Crippen molar-refractivity contribution in [3.63, 3.8) is 0 Å². The van der Waals surface area contributed by atoms with E-state index in [0.29, 0.717) is 12.2 Å². The third-order valence-electron chi connectivity index (χ3n) is 3.20. The van der Waals surface area contributed by atoms with Gasteiger partial charge < -0.3 is 0 Å². The zero-order chi connectivity index (χ0) is 12.5. The van der Waals surface area contributed by atoms with Crippen LogP contribution in [-0.2, 0) is 0 Å². The molecule has 0 aliphatic carbocycles. The lowest BCUT2D eigenvalue weighted by Gasteiger charge is -2.04. The molecule has 0 atom stereocenters. The highest BCUT2D eigenvalue weighted by Gasteiger charge is 2.07. The second kappa shape index (κ2) is 8.05. The standard InChI is InChI=1S/C16H24O/c1-3-4-5-6-7-8-13-16(17)15-12-10-9-11-14(15)2/h9-12H,3-8,13H2,1-2H3. The van der Waals surface area contributed by atoms with Crippen LogP contribution >= 0.6 is 0 Å². The van der Waals surface area contributed by atoms with Crippen molar-refractivity contribution in [2.45, 2.75) is 58.8 Å². The van der Waals surface area contributed by atoms with Gasteiger partial charge in [-0.25, -0.2) is 0 Å². The first kappa shape index (κ1) is 14.0. The average Bonchev–Trinajstić information content (AvgIpc) is 2.34. The van der Waals surface area contributed by atoms with Crippen LogP contribution in [0.1, 0.15) is 67.8 Å². The number of hydrogen-bond acceptors (Lipinski definition) is 1. The Morgan fingerprint density at radius 3 is 2.35 bits per heavy atom. The Morgan fingerprint density at radius 2 is 1.65 bits per heavy atom. The molecular weight excluding hydrogens is 208 g/mol. The van der Waals surface area contributed by atoms with Crippen LogP contribution in [0.15, 0.2) is 24.3 Å². The van der Waals surface area contributed by atoms with Gasteiger partial charge in [0.05, 0.1) is 0 Å². The van der Waals surface area contributed by atoms with Crippen LogP contribution in [0.25, 0.3) is 0 Å². The Balaban J connectivity index is 2.24. The fraction of sp³-hybridized carbons (Fsp3) is 0.562. The first-order valence-corrected chi connectivity index (χ1v) is 6.84. The maximum Gasteiger partial charge on any atom is 0.163 e. The lowest BCUT2D eigenvalue weighted by molar-refractivity contribution is 0.0978. The Labute approximate surface area is 105 Å². The van der Waals surface area contributed by atoms with E-state index in [1.165, 1.54) is 32.1 Å². The lowest BCUT2D eigenvalue weighted by Crippen LogP contribution is -2.01. The topological polar surface area (TPSA) is 17.1 Å². The molecule has 0 aromatic heterocycles. The number of Topliss-reactive ketones (excluding diaryl/α,β-unsaturated/α-hetero) is 1. The maximum absolute atomic E-state index is 12.0. The summed E-state index contributed by atoms with van der Waals surface area (Å²) >= 11 is 0. The number of ketones is 1. The molecule has 0 aliphatic rings. The van der Waals surface area contributed by atoms with Crippen LogP contribution in [0, 0.1) is 6.92 Å². The average molecular weight is 232 g/mol. The largest absolute Gasteiger partial charge is 0.294 e. The van der Waals surface area contributed by atoms with Crippen molar-refractivity contribution in [3.05, 3.63) is 35.4 Å². The van der Waals surface area contributed by atoms with E-state index < -0.39 is 0 Å². The molecule has 17 heavy (non-hydrogen) atoms. The molecule has 1 heteroatoms. The molecule has 0 unspecified atom stereocenters. The van der Waals surface area contributed by atoms with Crippen LogP contribution < -0.4 is 0 Å². The number of carbonyl (C=O) groups excluding carboxylic acids is 1. The van der Waals surface area contributed by atoms with E-state index in [2.05, 4.69) is 6.92 Å². The predicted octanol–water partition coefficient (Wildman–Crippen LogP) is 4.93. The molecule has 0 N–H and O–H groups in total. The molecule has 1 nitrogen and oxygen atoms in total. The van der Waals surface area contributed by atoms with Crippen LogP contribution in [-0.4, -0.2) is 5.78 Å². The van der Waals surface area contributed by atoms with Crippen LogP contribution in [0.4, 0.5) is 0 Å². The van der Waals surface area contributed by atoms with Crippen molar-refractivity contribution in [2.24, 2.45) is 0 Å². The van der Waals surface area contributed by atoms with Crippen molar-refractivity contribution < 1.29 is 4.79 Å². The monoisotopic (exact) mass is 232 g/mol. The Hall–Kier alpha value is -1.11. The van der Waals surface area contributed by atoms with Crippen LogP contribution in [0.3, 0.4) is 0 Å². The first-order chi connectivity index (χ1) is 8.25. The minimum absolute atomic E-state index is 0.304. The minimum atomic E-state index is 0.304. The zero-order valence-corrected chi connectivity index (χ0v) is 11.2. The second-order valence-electron chi connectivity index (χ2n) is 4.76. The Bertz CT molecular complexity index is 341. The van der Waals surface area contributed by atoms with Crippen molar-refractivity contribution in [1.29, 1.82) is 0 Å². The lowest BCUT2D eigenvalue weighted by atomic mass is 10.00. The Morgan fingerprint density at radius 1 is 1.00 bits per heavy atom. The van der Waals surface area contributed by atoms with Gasteiger partial charge in [0.15, 0.2) is 5.78 Å². The summed E-state index contributed by atoms with van der Waals surface area (Å²) in [6, 6.07) is 7.88. The number of aryl methyl sites for hydroxylation is 1. The fourth-order valence-electron chi connectivity index (χ4n) is 2.09. The molecule has 0 fully saturated rings. The molecule has 0 saturated carbocycles. The summed E-state index contributed by atoms with van der Waals surface area (Å²) in [4.78, 5) is 12.0. The highest BCUT2D eigenvalue weighted by Crippen LogP contribution is 2.13. The van der Waals surface area contributed by atoms with Crippen LogP contribution in [0.5, 0.6) is 0 Å². The summed E-state index contributed by atoms with van der Waals surface area (Å²) < 4.78 is 0. The molecule has 0 amide bonds. The van der Waals surface area contributed by atoms with Gasteiger partial charge in [-0.2, -0.15) is 0 Å². The molecule has 0 saturated heterocycles. The number of benzene rings is 1.